The average Bonchev–Trinajstić information content (AvgIpc) is 2.31. The first-order valence-corrected chi connectivity index (χ1v) is 6.77. The molecule has 0 aromatic heterocycles. The molecule has 0 aliphatic rings. The number of nitrogens with two attached hydrogens (primary N) is 1. The summed E-state index contributed by atoms with van der Waals surface area (Å²) in [5.41, 5.74) is 5.32. The Hall–Kier alpha value is -0.910. The fourth-order valence-corrected chi connectivity index (χ4v) is 1.63. The smallest absolute Gasteiger partial charge is 0.230 e. The number of carbonyl (C=O) groups is 1. The van der Waals surface area contributed by atoms with Crippen molar-refractivity contribution >= 4 is 23.5 Å². The molecule has 6 heteroatoms. The van der Waals surface area contributed by atoms with Gasteiger partial charge in [-0.1, -0.05) is 11.6 Å². The van der Waals surface area contributed by atoms with Gasteiger partial charge in [0, 0.05) is 6.54 Å². The lowest BCUT2D eigenvalue weighted by atomic mass is 10.1. The van der Waals surface area contributed by atoms with Gasteiger partial charge in [0.15, 0.2) is 5.84 Å². The topological polar surface area (TPSA) is 87.7 Å². The summed E-state index contributed by atoms with van der Waals surface area (Å²) in [6.45, 7) is 2.26. The van der Waals surface area contributed by atoms with Crippen LogP contribution in [-0.4, -0.2) is 35.5 Å². The van der Waals surface area contributed by atoms with Gasteiger partial charge in [-0.3, -0.25) is 4.79 Å². The molecule has 1 unspecified atom stereocenters. The molecule has 0 aliphatic carbocycles. The van der Waals surface area contributed by atoms with Crippen LogP contribution in [0.25, 0.3) is 0 Å². The number of thioether (sulfide) groups is 1. The maximum atomic E-state index is 11.4. The number of carbonyl (C=O) groups excluding carboxylic acids is 1. The summed E-state index contributed by atoms with van der Waals surface area (Å²) in [6.07, 6.45) is 5.33. The number of nitrogens with one attached hydrogen (secondary N) is 1. The van der Waals surface area contributed by atoms with Crippen molar-refractivity contribution in [2.75, 3.05) is 18.6 Å². The normalized spacial score (nSPS) is 13.5. The summed E-state index contributed by atoms with van der Waals surface area (Å²) in [4.78, 5) is 11.4. The van der Waals surface area contributed by atoms with E-state index in [0.29, 0.717) is 6.54 Å². The molecule has 0 saturated heterocycles. The largest absolute Gasteiger partial charge is 0.409 e. The van der Waals surface area contributed by atoms with Crippen LogP contribution in [0.15, 0.2) is 5.16 Å². The van der Waals surface area contributed by atoms with E-state index in [1.807, 2.05) is 11.8 Å². The highest BCUT2D eigenvalue weighted by molar-refractivity contribution is 7.98. The van der Waals surface area contributed by atoms with Crippen LogP contribution in [0.3, 0.4) is 0 Å². The molecular weight excluding hydrogens is 226 g/mol. The molecule has 0 bridgehead atoms. The quantitative estimate of drug-likeness (QED) is 0.196. The summed E-state index contributed by atoms with van der Waals surface area (Å²) in [5.74, 6) is 0.338. The number of unbranched alkanes of at least 4 members (excludes halogenated alkanes) is 2. The minimum Gasteiger partial charge on any atom is -0.409 e. The zero-order valence-corrected chi connectivity index (χ0v) is 10.7. The maximum Gasteiger partial charge on any atom is 0.230 e. The summed E-state index contributed by atoms with van der Waals surface area (Å²) in [5, 5.41) is 14.0. The Morgan fingerprint density at radius 3 is 2.75 bits per heavy atom. The molecule has 4 N–H and O–H groups in total. The van der Waals surface area contributed by atoms with Gasteiger partial charge in [0.2, 0.25) is 5.91 Å². The number of hydrogen-bond acceptors (Lipinski definition) is 4. The molecule has 0 aromatic carbocycles. The molecular formula is C10H21N3O2S. The highest BCUT2D eigenvalue weighted by Gasteiger charge is 2.16. The fraction of sp³-hybridized carbons (Fsp3) is 0.800. The summed E-state index contributed by atoms with van der Waals surface area (Å²) in [6, 6.07) is 0. The van der Waals surface area contributed by atoms with Crippen LogP contribution in [0.1, 0.15) is 26.2 Å². The Morgan fingerprint density at radius 1 is 1.50 bits per heavy atom. The lowest BCUT2D eigenvalue weighted by molar-refractivity contribution is -0.122. The summed E-state index contributed by atoms with van der Waals surface area (Å²) in [7, 11) is 0. The van der Waals surface area contributed by atoms with Crippen LogP contribution < -0.4 is 11.1 Å². The lowest BCUT2D eigenvalue weighted by Gasteiger charge is -2.10. The third kappa shape index (κ3) is 6.55. The lowest BCUT2D eigenvalue weighted by Crippen LogP contribution is -2.37. The Kier molecular flexibility index (Phi) is 8.80. The third-order valence-electron chi connectivity index (χ3n) is 2.28. The first-order valence-electron chi connectivity index (χ1n) is 5.37. The van der Waals surface area contributed by atoms with Crippen LogP contribution in [0, 0.1) is 5.92 Å². The van der Waals surface area contributed by atoms with Crippen molar-refractivity contribution in [2.24, 2.45) is 16.8 Å². The van der Waals surface area contributed by atoms with Crippen molar-refractivity contribution < 1.29 is 10.0 Å². The second-order valence-electron chi connectivity index (χ2n) is 3.59. The van der Waals surface area contributed by atoms with E-state index in [1.165, 1.54) is 6.42 Å². The zero-order chi connectivity index (χ0) is 12.4. The third-order valence-corrected chi connectivity index (χ3v) is 2.97. The van der Waals surface area contributed by atoms with Crippen molar-refractivity contribution in [2.45, 2.75) is 26.2 Å². The van der Waals surface area contributed by atoms with Gasteiger partial charge < -0.3 is 16.3 Å². The van der Waals surface area contributed by atoms with Crippen molar-refractivity contribution in [3.8, 4) is 0 Å². The molecule has 0 spiro atoms. The van der Waals surface area contributed by atoms with Gasteiger partial charge in [0.1, 0.15) is 0 Å². The Labute approximate surface area is 101 Å². The van der Waals surface area contributed by atoms with Gasteiger partial charge in [0.25, 0.3) is 0 Å². The van der Waals surface area contributed by atoms with Crippen LogP contribution in [0.2, 0.25) is 0 Å². The monoisotopic (exact) mass is 247 g/mol. The highest BCUT2D eigenvalue weighted by Crippen LogP contribution is 2.01. The van der Waals surface area contributed by atoms with Gasteiger partial charge in [-0.25, -0.2) is 0 Å². The second kappa shape index (κ2) is 9.33. The van der Waals surface area contributed by atoms with Gasteiger partial charge in [0.05, 0.1) is 5.92 Å². The fourth-order valence-electron chi connectivity index (χ4n) is 1.13. The number of nitrogens with zero attached hydrogens (tertiary/aromatic N) is 1. The van der Waals surface area contributed by atoms with E-state index in [0.717, 1.165) is 18.6 Å². The Bertz CT molecular complexity index is 234. The average molecular weight is 247 g/mol. The highest BCUT2D eigenvalue weighted by atomic mass is 32.2. The summed E-state index contributed by atoms with van der Waals surface area (Å²) < 4.78 is 0. The van der Waals surface area contributed by atoms with Gasteiger partial charge in [-0.15, -0.1) is 0 Å². The molecule has 0 fully saturated rings. The van der Waals surface area contributed by atoms with Crippen molar-refractivity contribution in [1.29, 1.82) is 0 Å². The predicted octanol–water partition coefficient (Wildman–Crippen LogP) is 1.02. The molecule has 0 heterocycles. The number of oxime groups is 1. The number of amidine groups is 1. The molecule has 0 aliphatic heterocycles. The van der Waals surface area contributed by atoms with E-state index in [-0.39, 0.29) is 11.7 Å². The first-order chi connectivity index (χ1) is 7.63. The van der Waals surface area contributed by atoms with E-state index in [1.54, 1.807) is 6.92 Å². The second-order valence-corrected chi connectivity index (χ2v) is 4.58. The molecule has 1 atom stereocenters. The van der Waals surface area contributed by atoms with E-state index in [9.17, 15) is 4.79 Å². The summed E-state index contributed by atoms with van der Waals surface area (Å²) >= 11 is 1.83. The SMILES string of the molecule is CSCCCCCNC(=O)C(C)C(N)=NO. The number of rotatable bonds is 8. The van der Waals surface area contributed by atoms with Crippen LogP contribution in [-0.2, 0) is 4.79 Å². The van der Waals surface area contributed by atoms with Crippen molar-refractivity contribution in [3.63, 3.8) is 0 Å². The van der Waals surface area contributed by atoms with E-state index < -0.39 is 5.92 Å². The van der Waals surface area contributed by atoms with Crippen molar-refractivity contribution in [1.82, 2.24) is 5.32 Å². The Morgan fingerprint density at radius 2 is 2.19 bits per heavy atom. The zero-order valence-electron chi connectivity index (χ0n) is 9.90. The van der Waals surface area contributed by atoms with Gasteiger partial charge >= 0.3 is 0 Å². The molecule has 0 rings (SSSR count). The predicted molar refractivity (Wildman–Crippen MR) is 67.8 cm³/mol. The van der Waals surface area contributed by atoms with E-state index >= 15 is 0 Å². The standard InChI is InChI=1S/C10H21N3O2S/c1-8(9(11)13-15)10(14)12-6-4-3-5-7-16-2/h8,15H,3-7H2,1-2H3,(H2,11,13)(H,12,14). The van der Waals surface area contributed by atoms with Crippen LogP contribution >= 0.6 is 11.8 Å². The molecule has 16 heavy (non-hydrogen) atoms. The molecule has 0 saturated carbocycles. The molecule has 0 radical (unpaired) electrons. The molecule has 0 aromatic rings. The number of hydrogen-bond donors (Lipinski definition) is 3. The van der Waals surface area contributed by atoms with E-state index in [2.05, 4.69) is 16.7 Å². The molecule has 94 valence electrons. The van der Waals surface area contributed by atoms with Crippen molar-refractivity contribution in [3.05, 3.63) is 0 Å². The van der Waals surface area contributed by atoms with Crippen LogP contribution in [0.5, 0.6) is 0 Å². The van der Waals surface area contributed by atoms with Gasteiger partial charge in [-0.05, 0) is 31.8 Å². The number of amides is 1. The van der Waals surface area contributed by atoms with Gasteiger partial charge in [-0.2, -0.15) is 11.8 Å². The molecule has 5 nitrogen and oxygen atoms in total. The first kappa shape index (κ1) is 15.1. The minimum absolute atomic E-state index is 0.0557. The minimum atomic E-state index is -0.573. The van der Waals surface area contributed by atoms with Crippen LogP contribution in [0.4, 0.5) is 0 Å². The van der Waals surface area contributed by atoms with E-state index in [4.69, 9.17) is 10.9 Å². The molecule has 1 amide bonds. The maximum absolute atomic E-state index is 11.4. The Balaban J connectivity index is 3.58.